The topological polar surface area (TPSA) is 20.3 Å². The maximum absolute atomic E-state index is 10.9. The molecule has 0 aromatic heterocycles. The zero-order valence-corrected chi connectivity index (χ0v) is 9.34. The molecule has 1 rings (SSSR count). The summed E-state index contributed by atoms with van der Waals surface area (Å²) in [6.45, 7) is 2.11. The first-order chi connectivity index (χ1) is 6.15. The van der Waals surface area contributed by atoms with Gasteiger partial charge in [0, 0.05) is 28.7 Å². The van der Waals surface area contributed by atoms with Crippen LogP contribution in [0.25, 0.3) is 0 Å². The monoisotopic (exact) mass is 241 g/mol. The molecule has 0 saturated carbocycles. The van der Waals surface area contributed by atoms with Gasteiger partial charge in [-0.05, 0) is 24.1 Å². The molecule has 0 fully saturated rings. The van der Waals surface area contributed by atoms with Crippen molar-refractivity contribution in [2.45, 2.75) is 13.3 Å². The molecule has 2 nitrogen and oxygen atoms in total. The summed E-state index contributed by atoms with van der Waals surface area (Å²) in [6, 6.07) is 7.94. The molecule has 0 aliphatic carbocycles. The fraction of sp³-hybridized carbons (Fsp3) is 0.300. The van der Waals surface area contributed by atoms with Crippen LogP contribution in [0.5, 0.6) is 0 Å². The Morgan fingerprint density at radius 2 is 1.92 bits per heavy atom. The number of hydrogen-bond donors (Lipinski definition) is 0. The summed E-state index contributed by atoms with van der Waals surface area (Å²) in [5, 5.41) is 0. The molecule has 0 spiro atoms. The zero-order chi connectivity index (χ0) is 9.84. The van der Waals surface area contributed by atoms with E-state index in [9.17, 15) is 4.79 Å². The van der Waals surface area contributed by atoms with Gasteiger partial charge in [-0.15, -0.1) is 0 Å². The van der Waals surface area contributed by atoms with E-state index in [0.29, 0.717) is 0 Å². The highest BCUT2D eigenvalue weighted by molar-refractivity contribution is 9.18. The van der Waals surface area contributed by atoms with Crippen molar-refractivity contribution in [2.24, 2.45) is 0 Å². The number of carbonyl (C=O) groups excluding carboxylic acids is 1. The van der Waals surface area contributed by atoms with Crippen molar-refractivity contribution in [3.05, 3.63) is 29.8 Å². The molecule has 0 saturated heterocycles. The number of anilines is 1. The van der Waals surface area contributed by atoms with E-state index >= 15 is 0 Å². The summed E-state index contributed by atoms with van der Waals surface area (Å²) < 4.78 is 0. The Morgan fingerprint density at radius 3 is 2.31 bits per heavy atom. The van der Waals surface area contributed by atoms with Crippen LogP contribution in [-0.4, -0.2) is 11.9 Å². The molecule has 13 heavy (non-hydrogen) atoms. The minimum atomic E-state index is -0.128. The Balaban J connectivity index is 2.85. The highest BCUT2D eigenvalue weighted by Crippen LogP contribution is 2.15. The summed E-state index contributed by atoms with van der Waals surface area (Å²) >= 11 is 2.90. The van der Waals surface area contributed by atoms with Crippen LogP contribution in [0.3, 0.4) is 0 Å². The molecule has 0 heterocycles. The number of amides is 1. The summed E-state index contributed by atoms with van der Waals surface area (Å²) in [5.41, 5.74) is 2.18. The maximum Gasteiger partial charge on any atom is 0.293 e. The van der Waals surface area contributed by atoms with Crippen molar-refractivity contribution in [3.63, 3.8) is 0 Å². The van der Waals surface area contributed by atoms with Crippen molar-refractivity contribution in [1.82, 2.24) is 0 Å². The van der Waals surface area contributed by atoms with Gasteiger partial charge < -0.3 is 4.90 Å². The summed E-state index contributed by atoms with van der Waals surface area (Å²) in [6.07, 6.45) is 1.02. The first-order valence-electron chi connectivity index (χ1n) is 4.17. The molecule has 70 valence electrons. The lowest BCUT2D eigenvalue weighted by atomic mass is 10.1. The molecule has 0 radical (unpaired) electrons. The van der Waals surface area contributed by atoms with Gasteiger partial charge in [-0.1, -0.05) is 19.1 Å². The molecular formula is C10H12BrNO. The average molecular weight is 242 g/mol. The third-order valence-electron chi connectivity index (χ3n) is 2.00. The number of aryl methyl sites for hydroxylation is 1. The molecule has 0 bridgehead atoms. The van der Waals surface area contributed by atoms with E-state index < -0.39 is 0 Å². The standard InChI is InChI=1S/C10H12BrNO/c1-3-8-4-6-9(7-5-8)12(2)10(11)13/h4-7H,3H2,1-2H3. The van der Waals surface area contributed by atoms with E-state index in [1.54, 1.807) is 11.9 Å². The second kappa shape index (κ2) is 4.42. The minimum absolute atomic E-state index is 0.128. The van der Waals surface area contributed by atoms with E-state index in [2.05, 4.69) is 22.9 Å². The quantitative estimate of drug-likeness (QED) is 0.576. The number of rotatable bonds is 2. The fourth-order valence-electron chi connectivity index (χ4n) is 1.06. The number of carbonyl (C=O) groups is 1. The van der Waals surface area contributed by atoms with E-state index in [1.165, 1.54) is 5.56 Å². The van der Waals surface area contributed by atoms with E-state index in [4.69, 9.17) is 0 Å². The molecule has 1 aromatic rings. The van der Waals surface area contributed by atoms with Gasteiger partial charge in [0.25, 0.3) is 4.82 Å². The SMILES string of the molecule is CCc1ccc(N(C)C(=O)Br)cc1. The Hall–Kier alpha value is -0.830. The van der Waals surface area contributed by atoms with Gasteiger partial charge in [-0.3, -0.25) is 4.79 Å². The molecule has 0 aliphatic rings. The van der Waals surface area contributed by atoms with Crippen molar-refractivity contribution >= 4 is 26.4 Å². The van der Waals surface area contributed by atoms with Crippen molar-refractivity contribution < 1.29 is 4.79 Å². The van der Waals surface area contributed by atoms with Crippen LogP contribution in [0.4, 0.5) is 10.5 Å². The molecule has 1 amide bonds. The number of hydrogen-bond acceptors (Lipinski definition) is 1. The lowest BCUT2D eigenvalue weighted by molar-refractivity contribution is 0.267. The number of nitrogens with zero attached hydrogens (tertiary/aromatic N) is 1. The third kappa shape index (κ3) is 2.56. The Kier molecular flexibility index (Phi) is 3.48. The first kappa shape index (κ1) is 10.3. The van der Waals surface area contributed by atoms with Gasteiger partial charge in [-0.2, -0.15) is 0 Å². The largest absolute Gasteiger partial charge is 0.306 e. The lowest BCUT2D eigenvalue weighted by Gasteiger charge is -2.13. The molecule has 0 atom stereocenters. The van der Waals surface area contributed by atoms with Gasteiger partial charge in [-0.25, -0.2) is 0 Å². The normalized spacial score (nSPS) is 9.77. The molecule has 0 N–H and O–H groups in total. The Labute approximate surface area is 86.7 Å². The third-order valence-corrected chi connectivity index (χ3v) is 2.53. The van der Waals surface area contributed by atoms with Gasteiger partial charge >= 0.3 is 0 Å². The number of halogens is 1. The predicted octanol–water partition coefficient (Wildman–Crippen LogP) is 3.20. The highest BCUT2D eigenvalue weighted by Gasteiger charge is 2.05. The van der Waals surface area contributed by atoms with Crippen LogP contribution in [0.15, 0.2) is 24.3 Å². The molecule has 3 heteroatoms. The zero-order valence-electron chi connectivity index (χ0n) is 7.75. The maximum atomic E-state index is 10.9. The minimum Gasteiger partial charge on any atom is -0.306 e. The van der Waals surface area contributed by atoms with Crippen LogP contribution < -0.4 is 4.90 Å². The average Bonchev–Trinajstić information content (AvgIpc) is 2.17. The van der Waals surface area contributed by atoms with Crippen LogP contribution in [-0.2, 0) is 6.42 Å². The Morgan fingerprint density at radius 1 is 1.38 bits per heavy atom. The van der Waals surface area contributed by atoms with Crippen molar-refractivity contribution in [2.75, 3.05) is 11.9 Å². The molecular weight excluding hydrogens is 230 g/mol. The van der Waals surface area contributed by atoms with Gasteiger partial charge in [0.05, 0.1) is 0 Å². The lowest BCUT2D eigenvalue weighted by Crippen LogP contribution is -2.18. The van der Waals surface area contributed by atoms with Crippen LogP contribution in [0.2, 0.25) is 0 Å². The summed E-state index contributed by atoms with van der Waals surface area (Å²) in [4.78, 5) is 12.4. The van der Waals surface area contributed by atoms with Gasteiger partial charge in [0.2, 0.25) is 0 Å². The smallest absolute Gasteiger partial charge is 0.293 e. The Bertz CT molecular complexity index is 294. The summed E-state index contributed by atoms with van der Waals surface area (Å²) in [7, 11) is 1.73. The fourth-order valence-corrected chi connectivity index (χ4v) is 1.26. The molecule has 0 unspecified atom stereocenters. The second-order valence-electron chi connectivity index (χ2n) is 2.83. The van der Waals surface area contributed by atoms with E-state index in [0.717, 1.165) is 12.1 Å². The van der Waals surface area contributed by atoms with Crippen LogP contribution in [0, 0.1) is 0 Å². The molecule has 0 aliphatic heterocycles. The van der Waals surface area contributed by atoms with Gasteiger partial charge in [0.1, 0.15) is 0 Å². The van der Waals surface area contributed by atoms with Gasteiger partial charge in [0.15, 0.2) is 0 Å². The van der Waals surface area contributed by atoms with E-state index in [-0.39, 0.29) is 4.82 Å². The molecule has 1 aromatic carbocycles. The second-order valence-corrected chi connectivity index (χ2v) is 3.51. The number of benzene rings is 1. The van der Waals surface area contributed by atoms with Crippen LogP contribution >= 0.6 is 15.9 Å². The highest BCUT2D eigenvalue weighted by atomic mass is 79.9. The van der Waals surface area contributed by atoms with Crippen molar-refractivity contribution in [3.8, 4) is 0 Å². The predicted molar refractivity (Wildman–Crippen MR) is 58.5 cm³/mol. The van der Waals surface area contributed by atoms with Crippen LogP contribution in [0.1, 0.15) is 12.5 Å². The van der Waals surface area contributed by atoms with E-state index in [1.807, 2.05) is 24.3 Å². The van der Waals surface area contributed by atoms with Crippen molar-refractivity contribution in [1.29, 1.82) is 0 Å². The first-order valence-corrected chi connectivity index (χ1v) is 4.96. The summed E-state index contributed by atoms with van der Waals surface area (Å²) in [5.74, 6) is 0.